The molecule has 1 rings (SSSR count). The summed E-state index contributed by atoms with van der Waals surface area (Å²) < 4.78 is 23.4. The van der Waals surface area contributed by atoms with Crippen LogP contribution in [0.5, 0.6) is 0 Å². The van der Waals surface area contributed by atoms with E-state index in [0.717, 1.165) is 6.07 Å². The molecule has 9 heteroatoms. The van der Waals surface area contributed by atoms with E-state index in [4.69, 9.17) is 22.6 Å². The Hall–Kier alpha value is -1.66. The zero-order chi connectivity index (χ0) is 13.8. The highest BCUT2D eigenvalue weighted by molar-refractivity contribution is 7.89. The minimum atomic E-state index is -4.03. The summed E-state index contributed by atoms with van der Waals surface area (Å²) in [5, 5.41) is 8.47. The first-order valence-electron chi connectivity index (χ1n) is 4.48. The van der Waals surface area contributed by atoms with Crippen LogP contribution in [0.4, 0.5) is 0 Å². The van der Waals surface area contributed by atoms with Crippen molar-refractivity contribution < 1.29 is 18.0 Å². The van der Waals surface area contributed by atoms with Crippen molar-refractivity contribution in [2.45, 2.75) is 4.90 Å². The molecule has 96 valence electrons. The molecule has 0 saturated carbocycles. The minimum Gasteiger partial charge on any atom is -0.368 e. The Kier molecular flexibility index (Phi) is 4.63. The van der Waals surface area contributed by atoms with Crippen molar-refractivity contribution in [3.05, 3.63) is 28.8 Å². The molecule has 18 heavy (non-hydrogen) atoms. The maximum Gasteiger partial charge on any atom is 0.263 e. The van der Waals surface area contributed by atoms with Crippen LogP contribution in [-0.2, 0) is 19.7 Å². The van der Waals surface area contributed by atoms with Gasteiger partial charge in [-0.15, -0.1) is 0 Å². The minimum absolute atomic E-state index is 0.135. The molecule has 1 aromatic carbocycles. The first-order chi connectivity index (χ1) is 8.36. The van der Waals surface area contributed by atoms with Crippen LogP contribution in [0, 0.1) is 11.3 Å². The molecule has 0 aliphatic rings. The summed E-state index contributed by atoms with van der Waals surface area (Å²) in [6.45, 7) is -0.604. The Morgan fingerprint density at radius 2 is 2.22 bits per heavy atom. The Bertz CT molecular complexity index is 609. The van der Waals surface area contributed by atoms with Crippen LogP contribution < -0.4 is 10.6 Å². The number of nitrogens with zero attached hydrogens (tertiary/aromatic N) is 1. The molecule has 0 unspecified atom stereocenters. The number of hydrogen-bond donors (Lipinski definition) is 2. The van der Waals surface area contributed by atoms with Gasteiger partial charge in [0.25, 0.3) is 10.0 Å². The molecular weight excluding hydrogens is 282 g/mol. The number of nitrogens with one attached hydrogen (secondary N) is 1. The number of halogens is 1. The lowest BCUT2D eigenvalue weighted by molar-refractivity contribution is -0.123. The lowest BCUT2D eigenvalue weighted by Gasteiger charge is -2.07. The van der Waals surface area contributed by atoms with Gasteiger partial charge in [-0.2, -0.15) is 5.26 Å². The quantitative estimate of drug-likeness (QED) is 0.733. The van der Waals surface area contributed by atoms with Gasteiger partial charge in [0.2, 0.25) is 5.91 Å². The highest BCUT2D eigenvalue weighted by Crippen LogP contribution is 2.22. The number of nitriles is 1. The van der Waals surface area contributed by atoms with Gasteiger partial charge in [-0.1, -0.05) is 16.5 Å². The molecule has 1 amide bonds. The number of hydrogen-bond acceptors (Lipinski definition) is 5. The second-order valence-electron chi connectivity index (χ2n) is 3.10. The van der Waals surface area contributed by atoms with Crippen molar-refractivity contribution in [3.8, 4) is 6.07 Å². The molecule has 0 aliphatic carbocycles. The fourth-order valence-electron chi connectivity index (χ4n) is 1.01. The smallest absolute Gasteiger partial charge is 0.263 e. The van der Waals surface area contributed by atoms with E-state index in [0.29, 0.717) is 0 Å². The van der Waals surface area contributed by atoms with Gasteiger partial charge < -0.3 is 5.73 Å². The number of primary amides is 1. The van der Waals surface area contributed by atoms with E-state index < -0.39 is 22.5 Å². The van der Waals surface area contributed by atoms with E-state index in [1.54, 1.807) is 4.89 Å². The molecule has 0 bridgehead atoms. The Morgan fingerprint density at radius 1 is 1.56 bits per heavy atom. The van der Waals surface area contributed by atoms with Crippen molar-refractivity contribution in [2.24, 2.45) is 5.73 Å². The van der Waals surface area contributed by atoms with Gasteiger partial charge in [-0.25, -0.2) is 8.42 Å². The molecule has 0 aromatic heterocycles. The van der Waals surface area contributed by atoms with Crippen LogP contribution in [0.2, 0.25) is 5.02 Å². The SMILES string of the molecule is N#Cc1ccc(S(=O)(=O)NOCC(N)=O)c(Cl)c1. The predicted molar refractivity (Wildman–Crippen MR) is 61.6 cm³/mol. The maximum atomic E-state index is 11.7. The highest BCUT2D eigenvalue weighted by Gasteiger charge is 2.18. The third kappa shape index (κ3) is 3.68. The molecule has 0 fully saturated rings. The summed E-state index contributed by atoms with van der Waals surface area (Å²) in [4.78, 5) is 16.2. The van der Waals surface area contributed by atoms with Crippen LogP contribution in [0.25, 0.3) is 0 Å². The van der Waals surface area contributed by atoms with E-state index in [2.05, 4.69) is 4.84 Å². The van der Waals surface area contributed by atoms with E-state index in [1.165, 1.54) is 12.1 Å². The average Bonchev–Trinajstić information content (AvgIpc) is 2.27. The van der Waals surface area contributed by atoms with Crippen LogP contribution in [0.15, 0.2) is 23.1 Å². The molecule has 0 radical (unpaired) electrons. The second-order valence-corrected chi connectivity index (χ2v) is 5.12. The molecule has 3 N–H and O–H groups in total. The lowest BCUT2D eigenvalue weighted by Crippen LogP contribution is -2.29. The number of amides is 1. The third-order valence-electron chi connectivity index (χ3n) is 1.73. The van der Waals surface area contributed by atoms with Crippen LogP contribution >= 0.6 is 11.6 Å². The van der Waals surface area contributed by atoms with E-state index in [1.807, 2.05) is 6.07 Å². The topological polar surface area (TPSA) is 122 Å². The third-order valence-corrected chi connectivity index (χ3v) is 3.43. The maximum absolute atomic E-state index is 11.7. The van der Waals surface area contributed by atoms with Crippen molar-refractivity contribution in [1.82, 2.24) is 4.89 Å². The summed E-state index contributed by atoms with van der Waals surface area (Å²) in [5.41, 5.74) is 4.99. The van der Waals surface area contributed by atoms with Gasteiger partial charge in [-0.05, 0) is 18.2 Å². The number of benzene rings is 1. The molecule has 0 heterocycles. The summed E-state index contributed by atoms with van der Waals surface area (Å²) in [6.07, 6.45) is 0. The number of rotatable bonds is 5. The zero-order valence-corrected chi connectivity index (χ0v) is 10.5. The van der Waals surface area contributed by atoms with Crippen molar-refractivity contribution >= 4 is 27.5 Å². The molecule has 0 atom stereocenters. The average molecular weight is 290 g/mol. The number of carbonyl (C=O) groups excluding carboxylic acids is 1. The standard InChI is InChI=1S/C9H8ClN3O4S/c10-7-3-6(4-11)1-2-8(7)18(15,16)13-17-5-9(12)14/h1-3,13H,5H2,(H2,12,14). The Labute approximate surface area is 108 Å². The van der Waals surface area contributed by atoms with E-state index >= 15 is 0 Å². The Morgan fingerprint density at radius 3 is 2.72 bits per heavy atom. The van der Waals surface area contributed by atoms with Crippen molar-refractivity contribution in [2.75, 3.05) is 6.61 Å². The number of sulfonamides is 1. The van der Waals surface area contributed by atoms with Crippen LogP contribution in [0.3, 0.4) is 0 Å². The summed E-state index contributed by atoms with van der Waals surface area (Å²) in [7, 11) is -4.03. The predicted octanol–water partition coefficient (Wildman–Crippen LogP) is -0.0931. The van der Waals surface area contributed by atoms with Gasteiger partial charge in [0, 0.05) is 0 Å². The second kappa shape index (κ2) is 5.79. The van der Waals surface area contributed by atoms with Crippen molar-refractivity contribution in [1.29, 1.82) is 5.26 Å². The lowest BCUT2D eigenvalue weighted by atomic mass is 10.2. The van der Waals surface area contributed by atoms with Crippen molar-refractivity contribution in [3.63, 3.8) is 0 Å². The molecule has 0 aliphatic heterocycles. The fraction of sp³-hybridized carbons (Fsp3) is 0.111. The van der Waals surface area contributed by atoms with Gasteiger partial charge in [-0.3, -0.25) is 9.63 Å². The molecule has 7 nitrogen and oxygen atoms in total. The molecular formula is C9H8ClN3O4S. The van der Waals surface area contributed by atoms with Gasteiger partial charge in [0.05, 0.1) is 16.7 Å². The largest absolute Gasteiger partial charge is 0.368 e. The molecule has 0 spiro atoms. The van der Waals surface area contributed by atoms with Gasteiger partial charge in [0.15, 0.2) is 0 Å². The first-order valence-corrected chi connectivity index (χ1v) is 6.34. The number of nitrogens with two attached hydrogens (primary N) is 1. The van der Waals surface area contributed by atoms with E-state index in [9.17, 15) is 13.2 Å². The van der Waals surface area contributed by atoms with E-state index in [-0.39, 0.29) is 15.5 Å². The monoisotopic (exact) mass is 289 g/mol. The fourth-order valence-corrected chi connectivity index (χ4v) is 2.36. The highest BCUT2D eigenvalue weighted by atomic mass is 35.5. The first kappa shape index (κ1) is 14.4. The summed E-state index contributed by atoms with van der Waals surface area (Å²) in [5.74, 6) is -0.830. The zero-order valence-electron chi connectivity index (χ0n) is 8.88. The molecule has 0 saturated heterocycles. The van der Waals surface area contributed by atoms with Crippen LogP contribution in [-0.4, -0.2) is 20.9 Å². The normalized spacial score (nSPS) is 10.9. The summed E-state index contributed by atoms with van der Waals surface area (Å²) >= 11 is 5.72. The van der Waals surface area contributed by atoms with Gasteiger partial charge in [0.1, 0.15) is 11.5 Å². The summed E-state index contributed by atoms with van der Waals surface area (Å²) in [6, 6.07) is 5.45. The van der Waals surface area contributed by atoms with Gasteiger partial charge >= 0.3 is 0 Å². The Balaban J connectivity index is 2.92. The molecule has 1 aromatic rings. The number of carbonyl (C=O) groups is 1. The van der Waals surface area contributed by atoms with Crippen LogP contribution in [0.1, 0.15) is 5.56 Å².